The number of aromatic nitrogens is 2. The van der Waals surface area contributed by atoms with Gasteiger partial charge < -0.3 is 0 Å². The van der Waals surface area contributed by atoms with Crippen LogP contribution in [0.15, 0.2) is 6.07 Å². The van der Waals surface area contributed by atoms with Crippen molar-refractivity contribution < 1.29 is 4.79 Å². The summed E-state index contributed by atoms with van der Waals surface area (Å²) >= 11 is 3.17. The molecule has 1 aromatic rings. The monoisotopic (exact) mass is 257 g/mol. The smallest absolute Gasteiger partial charge is 0.240 e. The molecule has 0 aliphatic carbocycles. The third kappa shape index (κ3) is 3.06. The van der Waals surface area contributed by atoms with Gasteiger partial charge in [0.25, 0.3) is 0 Å². The molecule has 1 atom stereocenters. The average molecular weight is 258 g/mol. The van der Waals surface area contributed by atoms with Crippen LogP contribution in [0.4, 0.5) is 5.95 Å². The van der Waals surface area contributed by atoms with Crippen molar-refractivity contribution in [3.05, 3.63) is 17.5 Å². The Morgan fingerprint density at radius 3 is 2.36 bits per heavy atom. The van der Waals surface area contributed by atoms with Crippen LogP contribution in [0, 0.1) is 13.8 Å². The second kappa shape index (κ2) is 4.50. The first-order chi connectivity index (χ1) is 6.49. The van der Waals surface area contributed by atoms with Crippen molar-refractivity contribution in [1.29, 1.82) is 0 Å². The van der Waals surface area contributed by atoms with Gasteiger partial charge in [-0.05, 0) is 26.8 Å². The predicted molar refractivity (Wildman–Crippen MR) is 58.5 cm³/mol. The van der Waals surface area contributed by atoms with Gasteiger partial charge in [0.15, 0.2) is 0 Å². The minimum absolute atomic E-state index is 0.144. The van der Waals surface area contributed by atoms with Gasteiger partial charge in [-0.15, -0.1) is 0 Å². The summed E-state index contributed by atoms with van der Waals surface area (Å²) in [5.41, 5.74) is 1.69. The highest BCUT2D eigenvalue weighted by molar-refractivity contribution is 9.10. The van der Waals surface area contributed by atoms with Crippen molar-refractivity contribution in [2.75, 3.05) is 5.32 Å². The molecule has 0 saturated carbocycles. The topological polar surface area (TPSA) is 54.9 Å². The van der Waals surface area contributed by atoms with E-state index in [2.05, 4.69) is 31.2 Å². The average Bonchev–Trinajstić information content (AvgIpc) is 2.01. The van der Waals surface area contributed by atoms with Crippen LogP contribution in [0.25, 0.3) is 0 Å². The number of carbonyl (C=O) groups excluding carboxylic acids is 1. The molecule has 0 fully saturated rings. The molecule has 76 valence electrons. The summed E-state index contributed by atoms with van der Waals surface area (Å²) in [6, 6.07) is 1.85. The van der Waals surface area contributed by atoms with Crippen molar-refractivity contribution in [3.63, 3.8) is 0 Å². The van der Waals surface area contributed by atoms with Gasteiger partial charge >= 0.3 is 0 Å². The second-order valence-electron chi connectivity index (χ2n) is 3.08. The molecule has 1 N–H and O–H groups in total. The van der Waals surface area contributed by atoms with Crippen molar-refractivity contribution in [2.45, 2.75) is 25.6 Å². The number of halogens is 1. The summed E-state index contributed by atoms with van der Waals surface area (Å²) in [6.45, 7) is 5.47. The van der Waals surface area contributed by atoms with E-state index in [1.807, 2.05) is 19.9 Å². The Kier molecular flexibility index (Phi) is 3.57. The molecular formula is C9H12BrN3O. The van der Waals surface area contributed by atoms with Gasteiger partial charge in [-0.1, -0.05) is 15.9 Å². The molecule has 1 rings (SSSR count). The highest BCUT2D eigenvalue weighted by Gasteiger charge is 2.10. The molecule has 0 bridgehead atoms. The zero-order valence-electron chi connectivity index (χ0n) is 8.34. The fourth-order valence-electron chi connectivity index (χ4n) is 0.991. The summed E-state index contributed by atoms with van der Waals surface area (Å²) in [5, 5.41) is 2.61. The quantitative estimate of drug-likeness (QED) is 0.823. The Bertz CT molecular complexity index is 332. The van der Waals surface area contributed by atoms with Crippen molar-refractivity contribution >= 4 is 27.8 Å². The molecule has 1 heterocycles. The fraction of sp³-hybridized carbons (Fsp3) is 0.444. The fourth-order valence-corrected chi connectivity index (χ4v) is 1.11. The van der Waals surface area contributed by atoms with E-state index in [4.69, 9.17) is 0 Å². The van der Waals surface area contributed by atoms with Gasteiger partial charge in [0.2, 0.25) is 11.9 Å². The van der Waals surface area contributed by atoms with E-state index in [1.54, 1.807) is 6.92 Å². The molecule has 14 heavy (non-hydrogen) atoms. The van der Waals surface area contributed by atoms with Crippen molar-refractivity contribution in [3.8, 4) is 0 Å². The number of nitrogens with zero attached hydrogens (tertiary/aromatic N) is 2. The summed E-state index contributed by atoms with van der Waals surface area (Å²) in [5.74, 6) is 0.216. The summed E-state index contributed by atoms with van der Waals surface area (Å²) < 4.78 is 0. The van der Waals surface area contributed by atoms with E-state index in [0.717, 1.165) is 11.4 Å². The molecule has 0 aromatic carbocycles. The third-order valence-electron chi connectivity index (χ3n) is 1.58. The highest BCUT2D eigenvalue weighted by atomic mass is 79.9. The van der Waals surface area contributed by atoms with Gasteiger partial charge in [0, 0.05) is 11.4 Å². The molecule has 1 unspecified atom stereocenters. The largest absolute Gasteiger partial charge is 0.294 e. The Hall–Kier alpha value is -0.970. The molecule has 0 spiro atoms. The van der Waals surface area contributed by atoms with Crippen LogP contribution >= 0.6 is 15.9 Å². The molecule has 0 aliphatic heterocycles. The molecule has 0 aliphatic rings. The summed E-state index contributed by atoms with van der Waals surface area (Å²) in [7, 11) is 0. The van der Waals surface area contributed by atoms with E-state index in [-0.39, 0.29) is 10.7 Å². The zero-order chi connectivity index (χ0) is 10.7. The Balaban J connectivity index is 2.82. The Morgan fingerprint density at radius 2 is 1.93 bits per heavy atom. The minimum atomic E-state index is -0.244. The maximum atomic E-state index is 11.3. The molecule has 0 saturated heterocycles. The number of hydrogen-bond donors (Lipinski definition) is 1. The van der Waals surface area contributed by atoms with E-state index < -0.39 is 0 Å². The number of anilines is 1. The van der Waals surface area contributed by atoms with Gasteiger partial charge in [0.05, 0.1) is 4.83 Å². The number of hydrogen-bond acceptors (Lipinski definition) is 3. The summed E-state index contributed by atoms with van der Waals surface area (Å²) in [4.78, 5) is 19.2. The molecule has 1 aromatic heterocycles. The van der Waals surface area contributed by atoms with E-state index >= 15 is 0 Å². The zero-order valence-corrected chi connectivity index (χ0v) is 9.92. The van der Waals surface area contributed by atoms with Crippen LogP contribution < -0.4 is 5.32 Å². The number of alkyl halides is 1. The molecular weight excluding hydrogens is 246 g/mol. The van der Waals surface area contributed by atoms with E-state index in [1.165, 1.54) is 0 Å². The lowest BCUT2D eigenvalue weighted by Gasteiger charge is -2.06. The van der Waals surface area contributed by atoms with Gasteiger partial charge in [-0.3, -0.25) is 10.1 Å². The first kappa shape index (κ1) is 11.1. The molecule has 4 nitrogen and oxygen atoms in total. The third-order valence-corrected chi connectivity index (χ3v) is 1.99. The van der Waals surface area contributed by atoms with Crippen LogP contribution in [0.3, 0.4) is 0 Å². The lowest BCUT2D eigenvalue weighted by Crippen LogP contribution is -2.21. The number of amides is 1. The molecule has 5 heteroatoms. The number of rotatable bonds is 2. The normalized spacial score (nSPS) is 12.3. The number of aryl methyl sites for hydroxylation is 2. The highest BCUT2D eigenvalue weighted by Crippen LogP contribution is 2.06. The standard InChI is InChI=1S/C9H12BrN3O/c1-5-4-6(2)12-9(11-5)13-8(14)7(3)10/h4,7H,1-3H3,(H,11,12,13,14). The summed E-state index contributed by atoms with van der Waals surface area (Å²) in [6.07, 6.45) is 0. The van der Waals surface area contributed by atoms with Gasteiger partial charge in [-0.2, -0.15) is 0 Å². The number of carbonyl (C=O) groups is 1. The lowest BCUT2D eigenvalue weighted by molar-refractivity contribution is -0.115. The Labute approximate surface area is 91.3 Å². The predicted octanol–water partition coefficient (Wildman–Crippen LogP) is 1.82. The maximum absolute atomic E-state index is 11.3. The second-order valence-corrected chi connectivity index (χ2v) is 4.45. The first-order valence-electron chi connectivity index (χ1n) is 4.26. The van der Waals surface area contributed by atoms with Crippen molar-refractivity contribution in [1.82, 2.24) is 9.97 Å². The van der Waals surface area contributed by atoms with Crippen molar-refractivity contribution in [2.24, 2.45) is 0 Å². The van der Waals surface area contributed by atoms with Crippen LogP contribution in [-0.4, -0.2) is 20.7 Å². The Morgan fingerprint density at radius 1 is 1.43 bits per heavy atom. The van der Waals surface area contributed by atoms with Crippen LogP contribution in [0.1, 0.15) is 18.3 Å². The molecule has 1 amide bonds. The van der Waals surface area contributed by atoms with Gasteiger partial charge in [0.1, 0.15) is 0 Å². The SMILES string of the molecule is Cc1cc(C)nc(NC(=O)C(C)Br)n1. The van der Waals surface area contributed by atoms with Gasteiger partial charge in [-0.25, -0.2) is 9.97 Å². The van der Waals surface area contributed by atoms with E-state index in [0.29, 0.717) is 5.95 Å². The van der Waals surface area contributed by atoms with Crippen LogP contribution in [0.5, 0.6) is 0 Å². The van der Waals surface area contributed by atoms with E-state index in [9.17, 15) is 4.79 Å². The first-order valence-corrected chi connectivity index (χ1v) is 5.18. The lowest BCUT2D eigenvalue weighted by atomic mass is 10.3. The number of nitrogens with one attached hydrogen (secondary N) is 1. The molecule has 0 radical (unpaired) electrons. The minimum Gasteiger partial charge on any atom is -0.294 e. The maximum Gasteiger partial charge on any atom is 0.240 e. The van der Waals surface area contributed by atoms with Crippen LogP contribution in [-0.2, 0) is 4.79 Å². The van der Waals surface area contributed by atoms with Crippen LogP contribution in [0.2, 0.25) is 0 Å².